The predicted octanol–water partition coefficient (Wildman–Crippen LogP) is 4.12. The van der Waals surface area contributed by atoms with Crippen molar-refractivity contribution < 1.29 is 37.8 Å². The van der Waals surface area contributed by atoms with E-state index in [1.807, 2.05) is 53.2 Å². The summed E-state index contributed by atoms with van der Waals surface area (Å²) in [5.74, 6) is -1.43. The molecule has 0 bridgehead atoms. The van der Waals surface area contributed by atoms with Crippen LogP contribution in [0.25, 0.3) is 28.0 Å². The Labute approximate surface area is 285 Å². The first kappa shape index (κ1) is 32.4. The number of nitrogens with zero attached hydrogens (tertiary/aromatic N) is 4. The molecule has 2 aliphatic heterocycles. The highest BCUT2D eigenvalue weighted by atomic mass is 19.1. The van der Waals surface area contributed by atoms with Crippen LogP contribution in [0.1, 0.15) is 33.6 Å². The number of imidazole rings is 1. The second kappa shape index (κ2) is 13.8. The van der Waals surface area contributed by atoms with Crippen molar-refractivity contribution in [3.05, 3.63) is 96.2 Å². The number of methoxy groups -OCH3 is 1. The second-order valence-corrected chi connectivity index (χ2v) is 11.6. The van der Waals surface area contributed by atoms with Crippen LogP contribution in [0.3, 0.4) is 0 Å². The van der Waals surface area contributed by atoms with E-state index < -0.39 is 35.6 Å². The normalized spacial score (nSPS) is 15.7. The number of hydrogen-bond donors (Lipinski definition) is 2. The molecule has 5 aromatic rings. The molecule has 2 N–H and O–H groups in total. The monoisotopic (exact) mass is 678 g/mol. The summed E-state index contributed by atoms with van der Waals surface area (Å²) >= 11 is 0. The summed E-state index contributed by atoms with van der Waals surface area (Å²) in [6, 6.07) is 18.0. The Morgan fingerprint density at radius 1 is 0.840 bits per heavy atom. The van der Waals surface area contributed by atoms with E-state index in [-0.39, 0.29) is 37.2 Å². The molecular weight excluding hydrogens is 647 g/mol. The SMILES string of the molecule is COc1ccc2nc(-c3ccc(-c4ccc(NCCOCCOc5ccc6c(c5)C(=O)N(C5CCC(=O)NC5=O)C6=O)nc4F)cc3)cn2c1. The van der Waals surface area contributed by atoms with Crippen molar-refractivity contribution in [2.24, 2.45) is 0 Å². The van der Waals surface area contributed by atoms with Gasteiger partial charge in [0.1, 0.15) is 35.6 Å². The molecule has 1 fully saturated rings. The summed E-state index contributed by atoms with van der Waals surface area (Å²) in [7, 11) is 1.61. The minimum absolute atomic E-state index is 0.0482. The molecule has 0 spiro atoms. The molecule has 2 aliphatic rings. The fourth-order valence-corrected chi connectivity index (χ4v) is 5.91. The zero-order valence-electron chi connectivity index (χ0n) is 26.9. The summed E-state index contributed by atoms with van der Waals surface area (Å²) in [4.78, 5) is 59.2. The van der Waals surface area contributed by atoms with Crippen LogP contribution in [0.5, 0.6) is 11.5 Å². The number of carbonyl (C=O) groups excluding carboxylic acids is 4. The van der Waals surface area contributed by atoms with Gasteiger partial charge in [0.05, 0.1) is 43.3 Å². The van der Waals surface area contributed by atoms with Crippen LogP contribution in [-0.4, -0.2) is 82.4 Å². The summed E-state index contributed by atoms with van der Waals surface area (Å²) in [5.41, 5.74) is 3.83. The molecule has 0 aliphatic carbocycles. The molecule has 0 radical (unpaired) electrons. The number of carbonyl (C=O) groups is 4. The molecule has 254 valence electrons. The minimum atomic E-state index is -1.03. The lowest BCUT2D eigenvalue weighted by molar-refractivity contribution is -0.136. The van der Waals surface area contributed by atoms with Crippen LogP contribution in [0.15, 0.2) is 79.1 Å². The Bertz CT molecular complexity index is 2130. The largest absolute Gasteiger partial charge is 0.495 e. The highest BCUT2D eigenvalue weighted by Gasteiger charge is 2.44. The lowest BCUT2D eigenvalue weighted by atomic mass is 10.0. The van der Waals surface area contributed by atoms with E-state index in [2.05, 4.69) is 20.6 Å². The number of aromatic nitrogens is 3. The summed E-state index contributed by atoms with van der Waals surface area (Å²) in [5, 5.41) is 5.21. The van der Waals surface area contributed by atoms with Gasteiger partial charge in [-0.05, 0) is 54.4 Å². The van der Waals surface area contributed by atoms with Gasteiger partial charge in [-0.25, -0.2) is 9.97 Å². The van der Waals surface area contributed by atoms with Gasteiger partial charge in [-0.1, -0.05) is 24.3 Å². The number of benzene rings is 2. The number of rotatable bonds is 12. The van der Waals surface area contributed by atoms with Crippen molar-refractivity contribution in [3.63, 3.8) is 0 Å². The molecule has 1 saturated heterocycles. The van der Waals surface area contributed by atoms with Gasteiger partial charge in [0.15, 0.2) is 0 Å². The van der Waals surface area contributed by atoms with E-state index in [0.717, 1.165) is 27.6 Å². The average Bonchev–Trinajstić information content (AvgIpc) is 3.65. The third kappa shape index (κ3) is 6.48. The van der Waals surface area contributed by atoms with Gasteiger partial charge >= 0.3 is 0 Å². The molecule has 1 atom stereocenters. The van der Waals surface area contributed by atoms with E-state index >= 15 is 0 Å². The highest BCUT2D eigenvalue weighted by molar-refractivity contribution is 6.23. The van der Waals surface area contributed by atoms with Crippen molar-refractivity contribution in [1.29, 1.82) is 0 Å². The van der Waals surface area contributed by atoms with Gasteiger partial charge in [-0.15, -0.1) is 0 Å². The molecule has 1 unspecified atom stereocenters. The van der Waals surface area contributed by atoms with Gasteiger partial charge in [-0.2, -0.15) is 4.39 Å². The predicted molar refractivity (Wildman–Crippen MR) is 178 cm³/mol. The fourth-order valence-electron chi connectivity index (χ4n) is 5.91. The molecule has 2 aromatic carbocycles. The Morgan fingerprint density at radius 3 is 2.38 bits per heavy atom. The smallest absolute Gasteiger partial charge is 0.262 e. The molecule has 50 heavy (non-hydrogen) atoms. The quantitative estimate of drug-likeness (QED) is 0.112. The lowest BCUT2D eigenvalue weighted by Gasteiger charge is -2.27. The number of amides is 4. The van der Waals surface area contributed by atoms with E-state index in [4.69, 9.17) is 14.2 Å². The highest BCUT2D eigenvalue weighted by Crippen LogP contribution is 2.31. The van der Waals surface area contributed by atoms with Crippen molar-refractivity contribution in [2.45, 2.75) is 18.9 Å². The maximum atomic E-state index is 15.0. The summed E-state index contributed by atoms with van der Waals surface area (Å²) in [6.07, 6.45) is 3.90. The second-order valence-electron chi connectivity index (χ2n) is 11.6. The average molecular weight is 679 g/mol. The first-order valence-corrected chi connectivity index (χ1v) is 15.9. The molecule has 4 amide bonds. The number of halogens is 1. The van der Waals surface area contributed by atoms with E-state index in [1.54, 1.807) is 25.3 Å². The van der Waals surface area contributed by atoms with Gasteiger partial charge in [0.2, 0.25) is 17.8 Å². The van der Waals surface area contributed by atoms with E-state index in [9.17, 15) is 23.6 Å². The number of fused-ring (bicyclic) bond motifs is 2. The van der Waals surface area contributed by atoms with Gasteiger partial charge < -0.3 is 23.9 Å². The van der Waals surface area contributed by atoms with E-state index in [0.29, 0.717) is 35.8 Å². The number of piperidine rings is 1. The summed E-state index contributed by atoms with van der Waals surface area (Å²) in [6.45, 7) is 1.07. The molecule has 0 saturated carbocycles. The number of ether oxygens (including phenoxy) is 3. The fraction of sp³-hybridized carbons (Fsp3) is 0.222. The van der Waals surface area contributed by atoms with Crippen molar-refractivity contribution in [3.8, 4) is 33.9 Å². The van der Waals surface area contributed by atoms with Gasteiger partial charge in [0, 0.05) is 30.3 Å². The van der Waals surface area contributed by atoms with Crippen LogP contribution >= 0.6 is 0 Å². The molecule has 14 heteroatoms. The maximum absolute atomic E-state index is 15.0. The molecule has 13 nitrogen and oxygen atoms in total. The van der Waals surface area contributed by atoms with Crippen LogP contribution in [-0.2, 0) is 14.3 Å². The number of hydrogen-bond acceptors (Lipinski definition) is 10. The van der Waals surface area contributed by atoms with Gasteiger partial charge in [0.25, 0.3) is 11.8 Å². The van der Waals surface area contributed by atoms with Crippen LogP contribution < -0.4 is 20.1 Å². The number of pyridine rings is 2. The molecule has 7 rings (SSSR count). The van der Waals surface area contributed by atoms with Gasteiger partial charge in [-0.3, -0.25) is 29.4 Å². The summed E-state index contributed by atoms with van der Waals surface area (Å²) < 4.78 is 33.5. The minimum Gasteiger partial charge on any atom is -0.495 e. The Kier molecular flexibility index (Phi) is 8.92. The Morgan fingerprint density at radius 2 is 1.60 bits per heavy atom. The van der Waals surface area contributed by atoms with E-state index in [1.165, 1.54) is 12.1 Å². The zero-order valence-corrected chi connectivity index (χ0v) is 26.9. The molecule has 5 heterocycles. The van der Waals surface area contributed by atoms with Crippen molar-refractivity contribution in [2.75, 3.05) is 38.8 Å². The molecular formula is C36H31FN6O7. The first-order chi connectivity index (χ1) is 24.3. The topological polar surface area (TPSA) is 153 Å². The molecule has 3 aromatic heterocycles. The third-order valence-corrected chi connectivity index (χ3v) is 8.46. The van der Waals surface area contributed by atoms with Crippen LogP contribution in [0.4, 0.5) is 10.2 Å². The Balaban J connectivity index is 0.859. The van der Waals surface area contributed by atoms with Crippen molar-refractivity contribution in [1.82, 2.24) is 24.6 Å². The van der Waals surface area contributed by atoms with Crippen molar-refractivity contribution >= 4 is 35.1 Å². The lowest BCUT2D eigenvalue weighted by Crippen LogP contribution is -2.54. The third-order valence-electron chi connectivity index (χ3n) is 8.46. The van der Waals surface area contributed by atoms with Crippen LogP contribution in [0.2, 0.25) is 0 Å². The number of anilines is 1. The maximum Gasteiger partial charge on any atom is 0.262 e. The number of imide groups is 2. The Hall–Kier alpha value is -6.15. The number of nitrogens with one attached hydrogen (secondary N) is 2. The first-order valence-electron chi connectivity index (χ1n) is 15.9. The standard InChI is InChI=1S/C36H31FN6O7/c1-48-24-7-12-31-39-28(20-42(31)19-24)22-4-2-21(3-5-22)25-9-11-30(40-33(25)37)38-14-15-49-16-17-50-23-6-8-26-27(18-23)36(47)43(35(26)46)29-10-13-32(44)41-34(29)45/h2-9,11-12,18-20,29H,10,13-17H2,1H3,(H,38,40)(H,41,44,45). The zero-order chi connectivity index (χ0) is 34.8. The van der Waals surface area contributed by atoms with Crippen LogP contribution in [0, 0.1) is 5.95 Å².